The molecule has 9 heteroatoms. The molecule has 1 aliphatic rings. The molecule has 0 radical (unpaired) electrons. The van der Waals surface area contributed by atoms with E-state index in [0.717, 1.165) is 0 Å². The number of alkyl halides is 1. The average Bonchev–Trinajstić information content (AvgIpc) is 3.32. The van der Waals surface area contributed by atoms with Gasteiger partial charge in [0.15, 0.2) is 0 Å². The number of halogens is 1. The van der Waals surface area contributed by atoms with Gasteiger partial charge in [-0.15, -0.1) is 11.3 Å². The van der Waals surface area contributed by atoms with E-state index in [2.05, 4.69) is 4.98 Å². The monoisotopic (exact) mass is 537 g/mol. The number of ether oxygens (including phenoxy) is 1. The highest BCUT2D eigenvalue weighted by Gasteiger charge is 2.42. The van der Waals surface area contributed by atoms with Crippen molar-refractivity contribution in [3.63, 3.8) is 0 Å². The summed E-state index contributed by atoms with van der Waals surface area (Å²) < 4.78 is 19.4. The zero-order chi connectivity index (χ0) is 27.8. The predicted molar refractivity (Wildman–Crippen MR) is 142 cm³/mol. The van der Waals surface area contributed by atoms with Gasteiger partial charge in [0.1, 0.15) is 23.6 Å². The molecule has 1 aliphatic heterocycles. The number of hydrogen-bond donors (Lipinski definition) is 3. The van der Waals surface area contributed by atoms with E-state index in [1.807, 2.05) is 19.1 Å². The first-order chi connectivity index (χ1) is 17.4. The second-order valence-corrected chi connectivity index (χ2v) is 11.3. The number of allylic oxidation sites excluding steroid dienone is 3. The quantitative estimate of drug-likeness (QED) is 0.381. The van der Waals surface area contributed by atoms with Gasteiger partial charge in [0.25, 0.3) is 0 Å². The largest absolute Gasteiger partial charge is 0.457 e. The first kappa shape index (κ1) is 31.0. The highest BCUT2D eigenvalue weighted by molar-refractivity contribution is 7.09. The molecule has 0 aromatic carbocycles. The number of ketones is 1. The van der Waals surface area contributed by atoms with Gasteiger partial charge in [-0.3, -0.25) is 9.59 Å². The van der Waals surface area contributed by atoms with Gasteiger partial charge in [-0.05, 0) is 42.9 Å². The van der Waals surface area contributed by atoms with Gasteiger partial charge in [0.2, 0.25) is 0 Å². The van der Waals surface area contributed by atoms with Crippen molar-refractivity contribution in [1.82, 2.24) is 4.98 Å². The molecule has 5 atom stereocenters. The van der Waals surface area contributed by atoms with Crippen molar-refractivity contribution in [3.8, 4) is 0 Å². The van der Waals surface area contributed by atoms with Gasteiger partial charge in [0.05, 0.1) is 36.3 Å². The first-order valence-corrected chi connectivity index (χ1v) is 13.5. The van der Waals surface area contributed by atoms with Crippen LogP contribution in [0.25, 0.3) is 6.08 Å². The first-order valence-electron chi connectivity index (χ1n) is 12.6. The lowest BCUT2D eigenvalue weighted by atomic mass is 9.73. The van der Waals surface area contributed by atoms with Crippen LogP contribution in [0.5, 0.6) is 0 Å². The molecule has 0 aliphatic carbocycles. The second kappa shape index (κ2) is 14.1. The van der Waals surface area contributed by atoms with Gasteiger partial charge in [0, 0.05) is 17.7 Å². The van der Waals surface area contributed by atoms with Crippen molar-refractivity contribution in [2.45, 2.75) is 85.2 Å². The zero-order valence-corrected chi connectivity index (χ0v) is 23.1. The Bertz CT molecular complexity index is 1010. The maximum absolute atomic E-state index is 13.7. The molecule has 0 amide bonds. The third-order valence-corrected chi connectivity index (χ3v) is 7.90. The molecule has 206 valence electrons. The Balaban J connectivity index is 2.39. The van der Waals surface area contributed by atoms with E-state index in [4.69, 9.17) is 4.74 Å². The lowest BCUT2D eigenvalue weighted by Gasteiger charge is -2.34. The molecule has 0 spiro atoms. The highest BCUT2D eigenvalue weighted by Crippen LogP contribution is 2.32. The van der Waals surface area contributed by atoms with Gasteiger partial charge >= 0.3 is 5.97 Å². The Morgan fingerprint density at radius 3 is 2.57 bits per heavy atom. The number of thiazole rings is 1. The zero-order valence-electron chi connectivity index (χ0n) is 22.3. The van der Waals surface area contributed by atoms with Crippen LogP contribution in [-0.4, -0.2) is 57.0 Å². The molecule has 0 bridgehead atoms. The molecular formula is C28H40FNO6S. The molecule has 0 unspecified atom stereocenters. The van der Waals surface area contributed by atoms with Gasteiger partial charge in [-0.1, -0.05) is 45.9 Å². The smallest absolute Gasteiger partial charge is 0.309 e. The van der Waals surface area contributed by atoms with Crippen molar-refractivity contribution < 1.29 is 34.0 Å². The topological polar surface area (TPSA) is 117 Å². The molecule has 0 saturated heterocycles. The minimum atomic E-state index is -1.32. The third kappa shape index (κ3) is 8.67. The highest BCUT2D eigenvalue weighted by atomic mass is 32.1. The maximum atomic E-state index is 13.7. The van der Waals surface area contributed by atoms with Crippen molar-refractivity contribution in [1.29, 1.82) is 0 Å². The summed E-state index contributed by atoms with van der Waals surface area (Å²) in [5, 5.41) is 33.2. The van der Waals surface area contributed by atoms with E-state index >= 15 is 0 Å². The molecule has 1 aromatic heterocycles. The molecular weight excluding hydrogens is 497 g/mol. The van der Waals surface area contributed by atoms with Gasteiger partial charge < -0.3 is 20.1 Å². The van der Waals surface area contributed by atoms with Crippen LogP contribution in [-0.2, 0) is 20.9 Å². The molecule has 37 heavy (non-hydrogen) atoms. The number of cyclic esters (lactones) is 1. The molecule has 7 nitrogen and oxygen atoms in total. The standard InChI is InChI=1S/C28H40FNO6S/c1-17-8-6-7-9-20(14-29)10-11-22(18(2)12-21-16-37-24(15-31)30-21)36-25(33)13-23(32)28(4,5)27(35)19(3)26(17)34/h6-7,10,12,16-17,19,22-23,26,31-32,34H,8-9,11,13-15H2,1-5H3/t17-,19+,22-,23-,26-/m0/s1. The molecule has 2 rings (SSSR count). The Morgan fingerprint density at radius 1 is 1.24 bits per heavy atom. The van der Waals surface area contributed by atoms with Crippen molar-refractivity contribution >= 4 is 29.2 Å². The summed E-state index contributed by atoms with van der Waals surface area (Å²) in [5.41, 5.74) is 0.522. The Morgan fingerprint density at radius 2 is 1.95 bits per heavy atom. The normalized spacial score (nSPS) is 28.9. The lowest BCUT2D eigenvalue weighted by Crippen LogP contribution is -2.45. The molecule has 1 aromatic rings. The molecule has 3 N–H and O–H groups in total. The Hall–Kier alpha value is -2.20. The van der Waals surface area contributed by atoms with Crippen LogP contribution in [0.2, 0.25) is 0 Å². The number of rotatable bonds is 4. The van der Waals surface area contributed by atoms with Crippen molar-refractivity contribution in [3.05, 3.63) is 45.5 Å². The SMILES string of the molecule is CC(=Cc1csc(CO)n1)[C@@H]1CC=C(CF)CC=CC[C@H](C)[C@H](O)[C@@H](C)C(=O)C(C)(C)[C@@H](O)CC(=O)O1. The number of esters is 1. The van der Waals surface area contributed by atoms with Gasteiger partial charge in [-0.25, -0.2) is 9.37 Å². The fourth-order valence-corrected chi connectivity index (χ4v) is 4.90. The number of hydrogen-bond acceptors (Lipinski definition) is 8. The number of aromatic nitrogens is 1. The van der Waals surface area contributed by atoms with E-state index in [9.17, 15) is 29.3 Å². The lowest BCUT2D eigenvalue weighted by molar-refractivity contribution is -0.154. The molecule has 0 fully saturated rings. The fraction of sp³-hybridized carbons (Fsp3) is 0.607. The number of carbonyl (C=O) groups is 2. The summed E-state index contributed by atoms with van der Waals surface area (Å²) in [4.78, 5) is 30.4. The van der Waals surface area contributed by atoms with Crippen LogP contribution >= 0.6 is 11.3 Å². The molecule has 0 saturated carbocycles. The third-order valence-electron chi connectivity index (χ3n) is 7.05. The van der Waals surface area contributed by atoms with E-state index in [1.165, 1.54) is 11.3 Å². The van der Waals surface area contributed by atoms with Crippen LogP contribution in [0.15, 0.2) is 34.8 Å². The number of carbonyl (C=O) groups excluding carboxylic acids is 2. The number of nitrogens with zero attached hydrogens (tertiary/aromatic N) is 1. The fourth-order valence-electron chi connectivity index (χ4n) is 4.29. The molecule has 2 heterocycles. The predicted octanol–water partition coefficient (Wildman–Crippen LogP) is 4.57. The van der Waals surface area contributed by atoms with Crippen LogP contribution in [0, 0.1) is 17.3 Å². The summed E-state index contributed by atoms with van der Waals surface area (Å²) >= 11 is 1.31. The van der Waals surface area contributed by atoms with E-state index in [0.29, 0.717) is 34.7 Å². The minimum absolute atomic E-state index is 0.174. The Labute approximate surface area is 222 Å². The van der Waals surface area contributed by atoms with Gasteiger partial charge in [-0.2, -0.15) is 0 Å². The minimum Gasteiger partial charge on any atom is -0.457 e. The summed E-state index contributed by atoms with van der Waals surface area (Å²) in [7, 11) is 0. The average molecular weight is 538 g/mol. The maximum Gasteiger partial charge on any atom is 0.309 e. The van der Waals surface area contributed by atoms with Crippen LogP contribution in [0.3, 0.4) is 0 Å². The summed E-state index contributed by atoms with van der Waals surface area (Å²) in [6.07, 6.45) is 4.87. The van der Waals surface area contributed by atoms with Crippen LogP contribution in [0.4, 0.5) is 4.39 Å². The van der Waals surface area contributed by atoms with Crippen LogP contribution in [0.1, 0.15) is 71.0 Å². The number of aliphatic hydroxyl groups is 3. The van der Waals surface area contributed by atoms with Crippen molar-refractivity contribution in [2.24, 2.45) is 17.3 Å². The number of Topliss-reactive ketones (excluding diaryl/α,β-unsaturated/α-hetero) is 1. The Kier molecular flexibility index (Phi) is 11.8. The summed E-state index contributed by atoms with van der Waals surface area (Å²) in [6, 6.07) is 0. The van der Waals surface area contributed by atoms with E-state index in [1.54, 1.807) is 45.2 Å². The second-order valence-electron chi connectivity index (χ2n) is 10.4. The summed E-state index contributed by atoms with van der Waals surface area (Å²) in [5.74, 6) is -2.00. The van der Waals surface area contributed by atoms with Crippen molar-refractivity contribution in [2.75, 3.05) is 6.67 Å². The number of aliphatic hydroxyl groups excluding tert-OH is 3. The van der Waals surface area contributed by atoms with E-state index in [-0.39, 0.29) is 24.7 Å². The van der Waals surface area contributed by atoms with Crippen LogP contribution < -0.4 is 0 Å². The summed E-state index contributed by atoms with van der Waals surface area (Å²) in [6.45, 7) is 7.54. The van der Waals surface area contributed by atoms with E-state index < -0.39 is 48.7 Å².